The minimum atomic E-state index is -0.161. The van der Waals surface area contributed by atoms with Gasteiger partial charge in [0.1, 0.15) is 5.82 Å². The molecule has 0 spiro atoms. The molecular formula is C14H20FNO. The second-order valence-electron chi connectivity index (χ2n) is 4.96. The van der Waals surface area contributed by atoms with Crippen molar-refractivity contribution in [2.24, 2.45) is 0 Å². The molecule has 1 heterocycles. The van der Waals surface area contributed by atoms with Crippen molar-refractivity contribution in [3.63, 3.8) is 0 Å². The van der Waals surface area contributed by atoms with E-state index in [1.807, 2.05) is 6.07 Å². The minimum absolute atomic E-state index is 0.160. The Morgan fingerprint density at radius 3 is 3.00 bits per heavy atom. The molecule has 94 valence electrons. The number of benzene rings is 1. The molecular weight excluding hydrogens is 217 g/mol. The van der Waals surface area contributed by atoms with Gasteiger partial charge in [-0.15, -0.1) is 0 Å². The van der Waals surface area contributed by atoms with Gasteiger partial charge in [0.05, 0.1) is 6.10 Å². The highest BCUT2D eigenvalue weighted by Gasteiger charge is 2.23. The fraction of sp³-hybridized carbons (Fsp3) is 0.571. The molecule has 1 aliphatic heterocycles. The zero-order valence-corrected chi connectivity index (χ0v) is 10.3. The quantitative estimate of drug-likeness (QED) is 0.868. The Morgan fingerprint density at radius 1 is 1.53 bits per heavy atom. The van der Waals surface area contributed by atoms with E-state index in [0.29, 0.717) is 6.04 Å². The molecule has 17 heavy (non-hydrogen) atoms. The van der Waals surface area contributed by atoms with Crippen molar-refractivity contribution in [3.8, 4) is 0 Å². The van der Waals surface area contributed by atoms with Crippen LogP contribution in [0.5, 0.6) is 0 Å². The normalized spacial score (nSPS) is 22.9. The largest absolute Gasteiger partial charge is 0.392 e. The fourth-order valence-corrected chi connectivity index (χ4v) is 2.42. The molecule has 0 aliphatic carbocycles. The van der Waals surface area contributed by atoms with Gasteiger partial charge in [-0.25, -0.2) is 4.39 Å². The van der Waals surface area contributed by atoms with E-state index in [1.54, 1.807) is 12.1 Å². The monoisotopic (exact) mass is 237 g/mol. The standard InChI is InChI=1S/C14H20FNO/c1-11(16-8-7-14(17)10-16)5-6-12-3-2-4-13(15)9-12/h2-4,9,11,14,17H,5-8,10H2,1H3/t11?,14-/m0/s1. The van der Waals surface area contributed by atoms with Gasteiger partial charge < -0.3 is 5.11 Å². The summed E-state index contributed by atoms with van der Waals surface area (Å²) in [6.07, 6.45) is 2.62. The van der Waals surface area contributed by atoms with Crippen molar-refractivity contribution in [1.82, 2.24) is 4.90 Å². The van der Waals surface area contributed by atoms with Crippen LogP contribution in [0.25, 0.3) is 0 Å². The number of hydrogen-bond acceptors (Lipinski definition) is 2. The molecule has 1 aromatic rings. The van der Waals surface area contributed by atoms with Gasteiger partial charge >= 0.3 is 0 Å². The third kappa shape index (κ3) is 3.51. The number of hydrogen-bond donors (Lipinski definition) is 1. The molecule has 2 nitrogen and oxygen atoms in total. The summed E-state index contributed by atoms with van der Waals surface area (Å²) in [5, 5.41) is 9.48. The molecule has 1 saturated heterocycles. The number of aliphatic hydroxyl groups excluding tert-OH is 1. The van der Waals surface area contributed by atoms with Crippen LogP contribution in [0.2, 0.25) is 0 Å². The second-order valence-corrected chi connectivity index (χ2v) is 4.96. The van der Waals surface area contributed by atoms with E-state index in [-0.39, 0.29) is 11.9 Å². The molecule has 1 N–H and O–H groups in total. The van der Waals surface area contributed by atoms with E-state index in [9.17, 15) is 9.50 Å². The predicted molar refractivity (Wildman–Crippen MR) is 66.4 cm³/mol. The van der Waals surface area contributed by atoms with Gasteiger partial charge in [0.2, 0.25) is 0 Å². The topological polar surface area (TPSA) is 23.5 Å². The van der Waals surface area contributed by atoms with Crippen LogP contribution in [0.15, 0.2) is 24.3 Å². The number of aliphatic hydroxyl groups is 1. The maximum Gasteiger partial charge on any atom is 0.123 e. The molecule has 0 amide bonds. The molecule has 2 atom stereocenters. The average molecular weight is 237 g/mol. The summed E-state index contributed by atoms with van der Waals surface area (Å²) < 4.78 is 13.0. The minimum Gasteiger partial charge on any atom is -0.392 e. The zero-order chi connectivity index (χ0) is 12.3. The van der Waals surface area contributed by atoms with Gasteiger partial charge in [-0.2, -0.15) is 0 Å². The molecule has 1 fully saturated rings. The van der Waals surface area contributed by atoms with E-state index in [2.05, 4.69) is 11.8 Å². The van der Waals surface area contributed by atoms with Gasteiger partial charge in [-0.05, 0) is 43.9 Å². The van der Waals surface area contributed by atoms with Crippen molar-refractivity contribution >= 4 is 0 Å². The Hall–Kier alpha value is -0.930. The highest BCUT2D eigenvalue weighted by molar-refractivity contribution is 5.16. The van der Waals surface area contributed by atoms with Crippen LogP contribution in [0.3, 0.4) is 0 Å². The van der Waals surface area contributed by atoms with Gasteiger partial charge in [-0.1, -0.05) is 12.1 Å². The smallest absolute Gasteiger partial charge is 0.123 e. The number of aryl methyl sites for hydroxylation is 1. The van der Waals surface area contributed by atoms with Gasteiger partial charge in [0, 0.05) is 19.1 Å². The SMILES string of the molecule is CC(CCc1cccc(F)c1)N1CC[C@H](O)C1. The summed E-state index contributed by atoms with van der Waals surface area (Å²) in [4.78, 5) is 2.31. The van der Waals surface area contributed by atoms with Crippen LogP contribution in [-0.4, -0.2) is 35.2 Å². The summed E-state index contributed by atoms with van der Waals surface area (Å²) in [5.74, 6) is -0.160. The number of likely N-dealkylation sites (tertiary alicyclic amines) is 1. The molecule has 1 aromatic carbocycles. The van der Waals surface area contributed by atoms with E-state index in [4.69, 9.17) is 0 Å². The lowest BCUT2D eigenvalue weighted by molar-refractivity contribution is 0.160. The third-order valence-electron chi connectivity index (χ3n) is 3.56. The van der Waals surface area contributed by atoms with Crippen molar-refractivity contribution in [3.05, 3.63) is 35.6 Å². The summed E-state index contributed by atoms with van der Waals surface area (Å²) in [6.45, 7) is 3.94. The Kier molecular flexibility index (Phi) is 4.13. The summed E-state index contributed by atoms with van der Waals surface area (Å²) in [5.41, 5.74) is 1.05. The Labute approximate surface area is 102 Å². The van der Waals surface area contributed by atoms with Crippen molar-refractivity contribution in [2.45, 2.75) is 38.3 Å². The van der Waals surface area contributed by atoms with Gasteiger partial charge in [-0.3, -0.25) is 4.90 Å². The van der Waals surface area contributed by atoms with Crippen LogP contribution >= 0.6 is 0 Å². The van der Waals surface area contributed by atoms with E-state index in [0.717, 1.165) is 37.9 Å². The lowest BCUT2D eigenvalue weighted by atomic mass is 10.1. The van der Waals surface area contributed by atoms with Crippen LogP contribution in [-0.2, 0) is 6.42 Å². The maximum absolute atomic E-state index is 13.0. The van der Waals surface area contributed by atoms with Crippen molar-refractivity contribution in [1.29, 1.82) is 0 Å². The lowest BCUT2D eigenvalue weighted by Crippen LogP contribution is -2.32. The maximum atomic E-state index is 13.0. The molecule has 3 heteroatoms. The van der Waals surface area contributed by atoms with Gasteiger partial charge in [0.25, 0.3) is 0 Å². The fourth-order valence-electron chi connectivity index (χ4n) is 2.42. The van der Waals surface area contributed by atoms with Crippen LogP contribution in [0.4, 0.5) is 4.39 Å². The summed E-state index contributed by atoms with van der Waals surface area (Å²) in [7, 11) is 0. The highest BCUT2D eigenvalue weighted by atomic mass is 19.1. The predicted octanol–water partition coefficient (Wildman–Crippen LogP) is 2.21. The van der Waals surface area contributed by atoms with Crippen LogP contribution < -0.4 is 0 Å². The van der Waals surface area contributed by atoms with E-state index >= 15 is 0 Å². The first-order valence-electron chi connectivity index (χ1n) is 6.31. The second kappa shape index (κ2) is 5.61. The highest BCUT2D eigenvalue weighted by Crippen LogP contribution is 2.16. The number of β-amino-alcohol motifs (C(OH)–C–C–N with tert-alkyl or cyclic N) is 1. The van der Waals surface area contributed by atoms with E-state index < -0.39 is 0 Å². The molecule has 1 aliphatic rings. The molecule has 0 aromatic heterocycles. The van der Waals surface area contributed by atoms with Crippen LogP contribution in [0, 0.1) is 5.82 Å². The Morgan fingerprint density at radius 2 is 2.35 bits per heavy atom. The van der Waals surface area contributed by atoms with Gasteiger partial charge in [0.15, 0.2) is 0 Å². The first kappa shape index (κ1) is 12.5. The molecule has 0 saturated carbocycles. The average Bonchev–Trinajstić information content (AvgIpc) is 2.73. The van der Waals surface area contributed by atoms with Crippen LogP contribution in [0.1, 0.15) is 25.3 Å². The first-order chi connectivity index (χ1) is 8.15. The molecule has 0 bridgehead atoms. The van der Waals surface area contributed by atoms with E-state index in [1.165, 1.54) is 6.07 Å². The third-order valence-corrected chi connectivity index (χ3v) is 3.56. The first-order valence-corrected chi connectivity index (χ1v) is 6.31. The summed E-state index contributed by atoms with van der Waals surface area (Å²) in [6, 6.07) is 7.26. The van der Waals surface area contributed by atoms with Crippen molar-refractivity contribution < 1.29 is 9.50 Å². The van der Waals surface area contributed by atoms with Crippen molar-refractivity contribution in [2.75, 3.05) is 13.1 Å². The number of nitrogens with zero attached hydrogens (tertiary/aromatic N) is 1. The lowest BCUT2D eigenvalue weighted by Gasteiger charge is -2.23. The Bertz CT molecular complexity index is 369. The summed E-state index contributed by atoms with van der Waals surface area (Å²) >= 11 is 0. The zero-order valence-electron chi connectivity index (χ0n) is 10.3. The number of halogens is 1. The molecule has 2 rings (SSSR count). The number of rotatable bonds is 4. The Balaban J connectivity index is 1.81. The molecule has 1 unspecified atom stereocenters. The molecule has 0 radical (unpaired) electrons.